The van der Waals surface area contributed by atoms with Gasteiger partial charge >= 0.3 is 6.61 Å². The molecule has 0 aliphatic rings. The van der Waals surface area contributed by atoms with Crippen molar-refractivity contribution in [1.29, 1.82) is 0 Å². The van der Waals surface area contributed by atoms with Gasteiger partial charge in [-0.15, -0.1) is 0 Å². The zero-order valence-corrected chi connectivity index (χ0v) is 6.96. The smallest absolute Gasteiger partial charge is 0.387 e. The van der Waals surface area contributed by atoms with Gasteiger partial charge in [0.15, 0.2) is 0 Å². The van der Waals surface area contributed by atoms with E-state index in [1.807, 2.05) is 0 Å². The number of alkyl halides is 2. The molecule has 3 nitrogen and oxygen atoms in total. The molecule has 0 saturated carbocycles. The molecule has 1 aromatic carbocycles. The van der Waals surface area contributed by atoms with Gasteiger partial charge in [0.1, 0.15) is 11.5 Å². The fourth-order valence-corrected chi connectivity index (χ4v) is 0.889. The van der Waals surface area contributed by atoms with Crippen molar-refractivity contribution in [2.75, 3.05) is 12.8 Å². The summed E-state index contributed by atoms with van der Waals surface area (Å²) in [5, 5.41) is 0. The lowest BCUT2D eigenvalue weighted by atomic mass is 10.3. The number of nitrogen functional groups attached to an aromatic ring is 1. The maximum absolute atomic E-state index is 11.7. The second kappa shape index (κ2) is 3.93. The Hall–Kier alpha value is -1.52. The van der Waals surface area contributed by atoms with E-state index in [1.165, 1.54) is 25.3 Å². The van der Waals surface area contributed by atoms with Gasteiger partial charge in [-0.05, 0) is 12.1 Å². The molecule has 0 amide bonds. The second-order valence-corrected chi connectivity index (χ2v) is 2.28. The third-order valence-electron chi connectivity index (χ3n) is 1.43. The van der Waals surface area contributed by atoms with Gasteiger partial charge in [0.25, 0.3) is 0 Å². The van der Waals surface area contributed by atoms with Crippen LogP contribution in [0, 0.1) is 0 Å². The number of rotatable bonds is 3. The average molecular weight is 189 g/mol. The molecule has 0 unspecified atom stereocenters. The quantitative estimate of drug-likeness (QED) is 0.738. The van der Waals surface area contributed by atoms with Gasteiger partial charge in [-0.1, -0.05) is 0 Å². The topological polar surface area (TPSA) is 44.5 Å². The first kappa shape index (κ1) is 9.57. The maximum atomic E-state index is 11.7. The highest BCUT2D eigenvalue weighted by Gasteiger charge is 2.06. The van der Waals surface area contributed by atoms with E-state index in [9.17, 15) is 8.78 Å². The highest BCUT2D eigenvalue weighted by Crippen LogP contribution is 2.26. The number of benzene rings is 1. The molecular weight excluding hydrogens is 180 g/mol. The van der Waals surface area contributed by atoms with Crippen LogP contribution in [0.2, 0.25) is 0 Å². The number of anilines is 1. The van der Waals surface area contributed by atoms with Crippen LogP contribution >= 0.6 is 0 Å². The molecule has 0 aliphatic carbocycles. The van der Waals surface area contributed by atoms with Crippen LogP contribution < -0.4 is 15.2 Å². The number of hydrogen-bond acceptors (Lipinski definition) is 3. The Morgan fingerprint density at radius 2 is 2.08 bits per heavy atom. The van der Waals surface area contributed by atoms with E-state index < -0.39 is 6.61 Å². The molecule has 5 heteroatoms. The predicted molar refractivity (Wildman–Crippen MR) is 44.0 cm³/mol. The molecular formula is C8H9F2NO2. The Morgan fingerprint density at radius 1 is 1.38 bits per heavy atom. The molecule has 13 heavy (non-hydrogen) atoms. The first-order chi connectivity index (χ1) is 6.13. The summed E-state index contributed by atoms with van der Waals surface area (Å²) in [6.45, 7) is -2.84. The summed E-state index contributed by atoms with van der Waals surface area (Å²) < 4.78 is 32.4. The Bertz CT molecular complexity index is 291. The Labute approximate surface area is 74.1 Å². The summed E-state index contributed by atoms with van der Waals surface area (Å²) in [5.74, 6) is 0.454. The summed E-state index contributed by atoms with van der Waals surface area (Å²) in [4.78, 5) is 0. The molecule has 0 fully saturated rings. The van der Waals surface area contributed by atoms with Crippen LogP contribution in [0.25, 0.3) is 0 Å². The van der Waals surface area contributed by atoms with E-state index in [1.54, 1.807) is 0 Å². The van der Waals surface area contributed by atoms with Gasteiger partial charge in [-0.3, -0.25) is 0 Å². The molecule has 0 heterocycles. The third kappa shape index (κ3) is 2.47. The lowest BCUT2D eigenvalue weighted by molar-refractivity contribution is -0.0498. The summed E-state index contributed by atoms with van der Waals surface area (Å²) >= 11 is 0. The predicted octanol–water partition coefficient (Wildman–Crippen LogP) is 1.88. The highest BCUT2D eigenvalue weighted by atomic mass is 19.3. The fraction of sp³-hybridized carbons (Fsp3) is 0.250. The van der Waals surface area contributed by atoms with E-state index in [2.05, 4.69) is 4.74 Å². The van der Waals surface area contributed by atoms with Crippen LogP contribution in [0.1, 0.15) is 0 Å². The minimum absolute atomic E-state index is 0.0216. The fourth-order valence-electron chi connectivity index (χ4n) is 0.889. The van der Waals surface area contributed by atoms with Crippen molar-refractivity contribution in [3.05, 3.63) is 18.2 Å². The van der Waals surface area contributed by atoms with Crippen LogP contribution in [0.3, 0.4) is 0 Å². The number of nitrogens with two attached hydrogens (primary N) is 1. The van der Waals surface area contributed by atoms with Gasteiger partial charge in [-0.25, -0.2) is 0 Å². The van der Waals surface area contributed by atoms with Crippen LogP contribution in [-0.4, -0.2) is 13.7 Å². The highest BCUT2D eigenvalue weighted by molar-refractivity contribution is 5.56. The monoisotopic (exact) mass is 189 g/mol. The zero-order valence-electron chi connectivity index (χ0n) is 6.96. The first-order valence-corrected chi connectivity index (χ1v) is 3.52. The Kier molecular flexibility index (Phi) is 2.89. The van der Waals surface area contributed by atoms with E-state index in [4.69, 9.17) is 10.5 Å². The molecule has 0 saturated heterocycles. The molecule has 0 spiro atoms. The second-order valence-electron chi connectivity index (χ2n) is 2.28. The number of halogens is 2. The summed E-state index contributed by atoms with van der Waals surface area (Å²) in [5.41, 5.74) is 5.72. The van der Waals surface area contributed by atoms with Gasteiger partial charge in [0.05, 0.1) is 12.8 Å². The van der Waals surface area contributed by atoms with Crippen molar-refractivity contribution < 1.29 is 18.3 Å². The number of ether oxygens (including phenoxy) is 2. The van der Waals surface area contributed by atoms with Crippen LogP contribution in [0.15, 0.2) is 18.2 Å². The van der Waals surface area contributed by atoms with Crippen LogP contribution in [-0.2, 0) is 0 Å². The molecule has 2 N–H and O–H groups in total. The largest absolute Gasteiger partial charge is 0.495 e. The van der Waals surface area contributed by atoms with Crippen molar-refractivity contribution in [2.24, 2.45) is 0 Å². The van der Waals surface area contributed by atoms with Crippen molar-refractivity contribution in [3.8, 4) is 11.5 Å². The van der Waals surface area contributed by atoms with Crippen molar-refractivity contribution in [1.82, 2.24) is 0 Å². The molecule has 0 aromatic heterocycles. The Morgan fingerprint density at radius 3 is 2.54 bits per heavy atom. The molecule has 0 bridgehead atoms. The van der Waals surface area contributed by atoms with Gasteiger partial charge in [0, 0.05) is 6.07 Å². The van der Waals surface area contributed by atoms with Crippen molar-refractivity contribution in [3.63, 3.8) is 0 Å². The summed E-state index contributed by atoms with van der Waals surface area (Å²) in [7, 11) is 1.44. The molecule has 1 aromatic rings. The molecule has 0 radical (unpaired) electrons. The minimum Gasteiger partial charge on any atom is -0.495 e. The lowest BCUT2D eigenvalue weighted by Crippen LogP contribution is -2.02. The van der Waals surface area contributed by atoms with Crippen molar-refractivity contribution in [2.45, 2.75) is 6.61 Å². The Balaban J connectivity index is 2.83. The summed E-state index contributed by atoms with van der Waals surface area (Å²) in [6, 6.07) is 4.11. The van der Waals surface area contributed by atoms with E-state index in [0.717, 1.165) is 0 Å². The first-order valence-electron chi connectivity index (χ1n) is 3.52. The van der Waals surface area contributed by atoms with E-state index in [0.29, 0.717) is 5.75 Å². The summed E-state index contributed by atoms with van der Waals surface area (Å²) in [6.07, 6.45) is 0. The standard InChI is InChI=1S/C8H9F2NO2/c1-12-7-3-2-5(4-6(7)11)13-8(9)10/h2-4,8H,11H2,1H3. The molecule has 1 rings (SSSR count). The molecule has 0 aliphatic heterocycles. The molecule has 72 valence electrons. The van der Waals surface area contributed by atoms with Crippen LogP contribution in [0.5, 0.6) is 11.5 Å². The lowest BCUT2D eigenvalue weighted by Gasteiger charge is -2.07. The van der Waals surface area contributed by atoms with E-state index in [-0.39, 0.29) is 11.4 Å². The average Bonchev–Trinajstić information content (AvgIpc) is 2.03. The van der Waals surface area contributed by atoms with Gasteiger partial charge in [-0.2, -0.15) is 8.78 Å². The number of methoxy groups -OCH3 is 1. The van der Waals surface area contributed by atoms with Gasteiger partial charge < -0.3 is 15.2 Å². The normalized spacial score (nSPS) is 10.2. The van der Waals surface area contributed by atoms with E-state index >= 15 is 0 Å². The SMILES string of the molecule is COc1ccc(OC(F)F)cc1N. The van der Waals surface area contributed by atoms with Crippen molar-refractivity contribution >= 4 is 5.69 Å². The van der Waals surface area contributed by atoms with Crippen LogP contribution in [0.4, 0.5) is 14.5 Å². The van der Waals surface area contributed by atoms with Gasteiger partial charge in [0.2, 0.25) is 0 Å². The maximum Gasteiger partial charge on any atom is 0.387 e. The third-order valence-corrected chi connectivity index (χ3v) is 1.43. The minimum atomic E-state index is -2.84. The molecule has 0 atom stereocenters. The number of hydrogen-bond donors (Lipinski definition) is 1. The zero-order chi connectivity index (χ0) is 9.84.